The Kier molecular flexibility index (Phi) is 21.6. The van der Waals surface area contributed by atoms with Gasteiger partial charge in [-0.15, -0.1) is 11.5 Å². The fraction of sp³-hybridized carbons (Fsp3) is 0.400. The van der Waals surface area contributed by atoms with Crippen LogP contribution in [0.1, 0.15) is 27.7 Å². The Balaban J connectivity index is -0.0000000800. The molecule has 0 spiro atoms. The minimum Gasteiger partial charge on any atom is -0.876 e. The van der Waals surface area contributed by atoms with E-state index in [0.29, 0.717) is 0 Å². The van der Waals surface area contributed by atoms with Crippen LogP contribution in [0.2, 0.25) is 0 Å². The van der Waals surface area contributed by atoms with Crippen molar-refractivity contribution in [2.45, 2.75) is 27.7 Å². The molecule has 0 aromatic heterocycles. The van der Waals surface area contributed by atoms with Crippen LogP contribution in [0.4, 0.5) is 0 Å². The zero-order valence-electron chi connectivity index (χ0n) is 9.99. The predicted molar refractivity (Wildman–Crippen MR) is 58.2 cm³/mol. The van der Waals surface area contributed by atoms with Gasteiger partial charge in [0.2, 0.25) is 0 Å². The summed E-state index contributed by atoms with van der Waals surface area (Å²) in [6, 6.07) is 0. The van der Waals surface area contributed by atoms with E-state index in [1.807, 2.05) is 0 Å². The molecule has 0 aliphatic rings. The van der Waals surface area contributed by atoms with E-state index in [1.165, 1.54) is 27.7 Å². The van der Waals surface area contributed by atoms with Crippen molar-refractivity contribution < 1.29 is 25.3 Å². The van der Waals surface area contributed by atoms with Gasteiger partial charge in [-0.2, -0.15) is 0 Å². The molecule has 88 valence electrons. The molecule has 16 heavy (non-hydrogen) atoms. The zero-order valence-corrected chi connectivity index (χ0v) is 11.4. The van der Waals surface area contributed by atoms with Crippen LogP contribution in [-0.4, -0.2) is 40.1 Å². The predicted octanol–water partition coefficient (Wildman–Crippen LogP) is -1.53. The summed E-state index contributed by atoms with van der Waals surface area (Å²) >= 11 is 0. The van der Waals surface area contributed by atoms with Crippen LogP contribution in [0.5, 0.6) is 0 Å². The van der Waals surface area contributed by atoms with Gasteiger partial charge in [0, 0.05) is 0 Å². The van der Waals surface area contributed by atoms with Crippen LogP contribution < -0.4 is 10.2 Å². The molecule has 0 amide bonds. The van der Waals surface area contributed by atoms with Crippen LogP contribution in [0, 0.1) is 0 Å². The topological polar surface area (TPSA) is 112 Å². The van der Waals surface area contributed by atoms with Gasteiger partial charge in [-0.25, -0.2) is 0 Å². The second-order valence-electron chi connectivity index (χ2n) is 2.73. The second kappa shape index (κ2) is 14.1. The summed E-state index contributed by atoms with van der Waals surface area (Å²) in [5, 5.41) is 20.0. The first-order valence-electron chi connectivity index (χ1n) is 3.97. The smallest absolute Gasteiger partial charge is 0.876 e. The van der Waals surface area contributed by atoms with Crippen LogP contribution in [-0.2, 0) is 9.59 Å². The molecule has 0 aliphatic carbocycles. The number of carbonyl (C=O) groups excluding carboxylic acids is 2. The van der Waals surface area contributed by atoms with Crippen LogP contribution in [0.25, 0.3) is 0 Å². The molecule has 0 saturated carbocycles. The molecule has 0 unspecified atom stereocenters. The summed E-state index contributed by atoms with van der Waals surface area (Å²) in [6.45, 7) is 5.39. The molecule has 0 aromatic carbocycles. The van der Waals surface area contributed by atoms with E-state index in [0.717, 1.165) is 12.2 Å². The monoisotopic (exact) mass is 240 g/mol. The molecule has 5 nitrogen and oxygen atoms in total. The molecule has 0 bridgehead atoms. The summed E-state index contributed by atoms with van der Waals surface area (Å²) in [7, 11) is 0. The number of allylic oxidation sites excluding steroid dienone is 4. The average molecular weight is 241 g/mol. The Morgan fingerprint density at radius 3 is 1.00 bits per heavy atom. The maximum Gasteiger partial charge on any atom is 2.00 e. The first-order chi connectivity index (χ1) is 6.25. The minimum atomic E-state index is -0.187. The molecule has 0 atom stereocenters. The van der Waals surface area contributed by atoms with E-state index in [4.69, 9.17) is 0 Å². The van der Waals surface area contributed by atoms with Crippen molar-refractivity contribution in [3.63, 3.8) is 0 Å². The number of rotatable bonds is 2. The van der Waals surface area contributed by atoms with Gasteiger partial charge in [-0.1, -0.05) is 13.8 Å². The van der Waals surface area contributed by atoms with Gasteiger partial charge >= 0.3 is 23.1 Å². The van der Waals surface area contributed by atoms with E-state index >= 15 is 0 Å². The first-order valence-corrected chi connectivity index (χ1v) is 3.97. The first kappa shape index (κ1) is 24.4. The molecular formula is C10H16MgO5. The Labute approximate surface area is 111 Å². The van der Waals surface area contributed by atoms with Gasteiger partial charge in [0.05, 0.1) is 0 Å². The maximum absolute atomic E-state index is 9.98. The van der Waals surface area contributed by atoms with Crippen LogP contribution >= 0.6 is 0 Å². The molecule has 6 heteroatoms. The Morgan fingerprint density at radius 2 is 1.00 bits per heavy atom. The molecule has 0 rings (SSSR count). The number of hydrogen-bond donors (Lipinski definition) is 0. The number of hydrogen-bond acceptors (Lipinski definition) is 4. The summed E-state index contributed by atoms with van der Waals surface area (Å²) in [5.74, 6) is -0.750. The van der Waals surface area contributed by atoms with Gasteiger partial charge < -0.3 is 15.7 Å². The SMILES string of the molecule is CC(=O)/C=C(/C)[O-].CC(=O)/C=C(/C)[O-].O.[Mg+2]. The summed E-state index contributed by atoms with van der Waals surface area (Å²) in [4.78, 5) is 20.0. The van der Waals surface area contributed by atoms with Crippen LogP contribution in [0.15, 0.2) is 23.7 Å². The van der Waals surface area contributed by atoms with Crippen LogP contribution in [0.3, 0.4) is 0 Å². The Morgan fingerprint density at radius 1 is 0.812 bits per heavy atom. The molecule has 0 saturated heterocycles. The largest absolute Gasteiger partial charge is 2.00 e. The van der Waals surface area contributed by atoms with E-state index in [2.05, 4.69) is 0 Å². The van der Waals surface area contributed by atoms with Crippen molar-refractivity contribution in [3.8, 4) is 0 Å². The van der Waals surface area contributed by atoms with Crippen molar-refractivity contribution in [2.24, 2.45) is 0 Å². The summed E-state index contributed by atoms with van der Waals surface area (Å²) < 4.78 is 0. The Bertz CT molecular complexity index is 232. The summed E-state index contributed by atoms with van der Waals surface area (Å²) in [6.07, 6.45) is 2.11. The minimum absolute atomic E-state index is 0. The number of carbonyl (C=O) groups is 2. The normalized spacial score (nSPS) is 10.0. The molecule has 0 aliphatic heterocycles. The standard InChI is InChI=1S/2C5H8O2.Mg.H2O/c2*1-4(6)3-5(2)7;;/h2*3,6H,1-2H3;;1H2/q;;+2;/p-2/b2*4-3-;;. The molecular weight excluding hydrogens is 224 g/mol. The second-order valence-corrected chi connectivity index (χ2v) is 2.73. The third kappa shape index (κ3) is 38.0. The van der Waals surface area contributed by atoms with Crippen molar-refractivity contribution in [1.82, 2.24) is 0 Å². The van der Waals surface area contributed by atoms with Gasteiger partial charge in [0.15, 0.2) is 11.6 Å². The van der Waals surface area contributed by atoms with E-state index in [1.54, 1.807) is 0 Å². The van der Waals surface area contributed by atoms with Crippen molar-refractivity contribution in [1.29, 1.82) is 0 Å². The molecule has 0 heterocycles. The summed E-state index contributed by atoms with van der Waals surface area (Å²) in [5.41, 5.74) is 0. The van der Waals surface area contributed by atoms with Crippen molar-refractivity contribution >= 4 is 34.6 Å². The zero-order chi connectivity index (χ0) is 11.7. The molecule has 0 aromatic rings. The third-order valence-corrected chi connectivity index (χ3v) is 0.813. The fourth-order valence-electron chi connectivity index (χ4n) is 0.572. The average Bonchev–Trinajstić information content (AvgIpc) is 1.79. The fourth-order valence-corrected chi connectivity index (χ4v) is 0.572. The van der Waals surface area contributed by atoms with Gasteiger partial charge in [-0.3, -0.25) is 9.59 Å². The molecule has 0 radical (unpaired) electrons. The number of ketones is 2. The van der Waals surface area contributed by atoms with E-state index < -0.39 is 0 Å². The third-order valence-electron chi connectivity index (χ3n) is 0.813. The van der Waals surface area contributed by atoms with Gasteiger partial charge in [0.1, 0.15) is 0 Å². The van der Waals surface area contributed by atoms with Gasteiger partial charge in [0.25, 0.3) is 0 Å². The van der Waals surface area contributed by atoms with Crippen molar-refractivity contribution in [3.05, 3.63) is 23.7 Å². The van der Waals surface area contributed by atoms with Crippen molar-refractivity contribution in [2.75, 3.05) is 0 Å². The maximum atomic E-state index is 9.98. The Hall–Kier alpha value is -0.854. The molecule has 2 N–H and O–H groups in total. The molecule has 0 fully saturated rings. The quantitative estimate of drug-likeness (QED) is 0.331. The van der Waals surface area contributed by atoms with Gasteiger partial charge in [-0.05, 0) is 26.0 Å². The van der Waals surface area contributed by atoms with E-state index in [-0.39, 0.29) is 51.6 Å². The van der Waals surface area contributed by atoms with E-state index in [9.17, 15) is 19.8 Å².